The van der Waals surface area contributed by atoms with Gasteiger partial charge in [0.05, 0.1) is 13.0 Å². The molecule has 2 rings (SSSR count). The summed E-state index contributed by atoms with van der Waals surface area (Å²) < 4.78 is 15.8. The Morgan fingerprint density at radius 2 is 1.65 bits per heavy atom. The van der Waals surface area contributed by atoms with Gasteiger partial charge in [-0.2, -0.15) is 0 Å². The van der Waals surface area contributed by atoms with Crippen molar-refractivity contribution in [1.82, 2.24) is 0 Å². The van der Waals surface area contributed by atoms with E-state index < -0.39 is 0 Å². The van der Waals surface area contributed by atoms with Gasteiger partial charge in [-0.05, 0) is 56.9 Å². The van der Waals surface area contributed by atoms with Crippen molar-refractivity contribution in [1.29, 1.82) is 0 Å². The summed E-state index contributed by atoms with van der Waals surface area (Å²) in [5, 5.41) is 0. The zero-order chi connectivity index (χ0) is 16.7. The lowest BCUT2D eigenvalue weighted by molar-refractivity contribution is -0.147. The first kappa shape index (κ1) is 17.1. The van der Waals surface area contributed by atoms with Crippen LogP contribution in [0.2, 0.25) is 0 Å². The average Bonchev–Trinajstić information content (AvgIpc) is 2.56. The van der Waals surface area contributed by atoms with Crippen molar-refractivity contribution in [2.45, 2.75) is 38.7 Å². The summed E-state index contributed by atoms with van der Waals surface area (Å²) in [6.45, 7) is 1.77. The number of ether oxygens (including phenoxy) is 3. The first-order chi connectivity index (χ1) is 11.1. The van der Waals surface area contributed by atoms with Gasteiger partial charge in [-0.1, -0.05) is 6.08 Å². The lowest BCUT2D eigenvalue weighted by Gasteiger charge is -2.26. The molecule has 5 nitrogen and oxygen atoms in total. The molecule has 0 N–H and O–H groups in total. The minimum absolute atomic E-state index is 0.108. The molecular formula is C18H22O5. The van der Waals surface area contributed by atoms with Crippen molar-refractivity contribution in [2.24, 2.45) is 5.92 Å². The summed E-state index contributed by atoms with van der Waals surface area (Å²) in [5.41, 5.74) is 0. The average molecular weight is 318 g/mol. The van der Waals surface area contributed by atoms with Gasteiger partial charge >= 0.3 is 11.9 Å². The zero-order valence-corrected chi connectivity index (χ0v) is 13.5. The number of carbonyl (C=O) groups excluding carboxylic acids is 2. The van der Waals surface area contributed by atoms with Gasteiger partial charge in [0, 0.05) is 6.08 Å². The summed E-state index contributed by atoms with van der Waals surface area (Å²) in [7, 11) is 1.59. The van der Waals surface area contributed by atoms with Crippen LogP contribution in [0.4, 0.5) is 0 Å². The van der Waals surface area contributed by atoms with Gasteiger partial charge in [0.1, 0.15) is 17.6 Å². The largest absolute Gasteiger partial charge is 0.497 e. The fraction of sp³-hybridized carbons (Fsp3) is 0.444. The molecule has 1 aliphatic carbocycles. The van der Waals surface area contributed by atoms with Crippen LogP contribution in [-0.4, -0.2) is 25.2 Å². The maximum atomic E-state index is 12.2. The highest BCUT2D eigenvalue weighted by molar-refractivity contribution is 5.82. The minimum Gasteiger partial charge on any atom is -0.497 e. The van der Waals surface area contributed by atoms with Crippen LogP contribution in [0.3, 0.4) is 0 Å². The van der Waals surface area contributed by atoms with Crippen LogP contribution < -0.4 is 9.47 Å². The van der Waals surface area contributed by atoms with Gasteiger partial charge < -0.3 is 14.2 Å². The number of hydrogen-bond acceptors (Lipinski definition) is 5. The summed E-state index contributed by atoms with van der Waals surface area (Å²) in [6, 6.07) is 6.92. The third-order valence-corrected chi connectivity index (χ3v) is 3.87. The topological polar surface area (TPSA) is 61.8 Å². The molecule has 0 radical (unpaired) electrons. The van der Waals surface area contributed by atoms with E-state index in [1.54, 1.807) is 44.4 Å². The Kier molecular flexibility index (Phi) is 6.20. The lowest BCUT2D eigenvalue weighted by Crippen LogP contribution is -2.29. The van der Waals surface area contributed by atoms with Crippen LogP contribution in [0.15, 0.2) is 36.4 Å². The molecule has 124 valence electrons. The molecule has 0 atom stereocenters. The number of benzene rings is 1. The monoisotopic (exact) mass is 318 g/mol. The van der Waals surface area contributed by atoms with Crippen LogP contribution in [0.1, 0.15) is 32.6 Å². The normalized spacial score (nSPS) is 21.0. The standard InChI is InChI=1S/C18H22O5/c1-3-4-17(19)22-15-7-5-13(6-8-15)18(20)23-16-11-9-14(21-2)10-12-16/h3-4,9-13,15H,5-8H2,1-2H3/b4-3+. The van der Waals surface area contributed by atoms with Crippen LogP contribution in [-0.2, 0) is 14.3 Å². The smallest absolute Gasteiger partial charge is 0.330 e. The molecule has 5 heteroatoms. The highest BCUT2D eigenvalue weighted by Gasteiger charge is 2.29. The molecule has 1 saturated carbocycles. The maximum absolute atomic E-state index is 12.2. The molecule has 23 heavy (non-hydrogen) atoms. The van der Waals surface area contributed by atoms with Crippen molar-refractivity contribution in [3.05, 3.63) is 36.4 Å². The van der Waals surface area contributed by atoms with Crippen LogP contribution in [0, 0.1) is 5.92 Å². The third-order valence-electron chi connectivity index (χ3n) is 3.87. The van der Waals surface area contributed by atoms with Gasteiger partial charge in [0.15, 0.2) is 0 Å². The Labute approximate surface area is 136 Å². The van der Waals surface area contributed by atoms with Gasteiger partial charge in [0.2, 0.25) is 0 Å². The summed E-state index contributed by atoms with van der Waals surface area (Å²) >= 11 is 0. The van der Waals surface area contributed by atoms with Crippen molar-refractivity contribution in [3.63, 3.8) is 0 Å². The number of rotatable bonds is 5. The van der Waals surface area contributed by atoms with E-state index in [2.05, 4.69) is 0 Å². The predicted octanol–water partition coefficient (Wildman–Crippen LogP) is 3.28. The second-order valence-corrected chi connectivity index (χ2v) is 5.51. The predicted molar refractivity (Wildman–Crippen MR) is 85.3 cm³/mol. The molecule has 1 aromatic carbocycles. The van der Waals surface area contributed by atoms with Gasteiger partial charge in [-0.15, -0.1) is 0 Å². The molecule has 0 aromatic heterocycles. The van der Waals surface area contributed by atoms with Crippen LogP contribution in [0.25, 0.3) is 0 Å². The van der Waals surface area contributed by atoms with Crippen molar-refractivity contribution in [2.75, 3.05) is 7.11 Å². The van der Waals surface area contributed by atoms with E-state index in [0.717, 1.165) is 0 Å². The molecule has 0 amide bonds. The van der Waals surface area contributed by atoms with Gasteiger partial charge in [-0.3, -0.25) is 4.79 Å². The van der Waals surface area contributed by atoms with E-state index in [1.807, 2.05) is 0 Å². The van der Waals surface area contributed by atoms with Crippen LogP contribution in [0.5, 0.6) is 11.5 Å². The number of carbonyl (C=O) groups is 2. The van der Waals surface area contributed by atoms with E-state index in [0.29, 0.717) is 37.2 Å². The number of methoxy groups -OCH3 is 1. The molecule has 0 aliphatic heterocycles. The van der Waals surface area contributed by atoms with Crippen molar-refractivity contribution >= 4 is 11.9 Å². The van der Waals surface area contributed by atoms with Crippen molar-refractivity contribution < 1.29 is 23.8 Å². The van der Waals surface area contributed by atoms with Gasteiger partial charge in [-0.25, -0.2) is 4.79 Å². The van der Waals surface area contributed by atoms with E-state index in [-0.39, 0.29) is 24.0 Å². The summed E-state index contributed by atoms with van der Waals surface area (Å²) in [4.78, 5) is 23.6. The van der Waals surface area contributed by atoms with E-state index in [1.165, 1.54) is 6.08 Å². The Morgan fingerprint density at radius 1 is 1.04 bits per heavy atom. The lowest BCUT2D eigenvalue weighted by atomic mass is 9.87. The van der Waals surface area contributed by atoms with Crippen LogP contribution >= 0.6 is 0 Å². The highest BCUT2D eigenvalue weighted by Crippen LogP contribution is 2.28. The summed E-state index contributed by atoms with van der Waals surface area (Å²) in [5.74, 6) is 0.532. The Morgan fingerprint density at radius 3 is 2.22 bits per heavy atom. The molecule has 0 spiro atoms. The fourth-order valence-electron chi connectivity index (χ4n) is 2.60. The summed E-state index contributed by atoms with van der Waals surface area (Å²) in [6.07, 6.45) is 5.66. The number of hydrogen-bond donors (Lipinski definition) is 0. The molecule has 1 aromatic rings. The highest BCUT2D eigenvalue weighted by atomic mass is 16.5. The Hall–Kier alpha value is -2.30. The maximum Gasteiger partial charge on any atom is 0.330 e. The molecule has 0 unspecified atom stereocenters. The molecule has 1 fully saturated rings. The molecule has 0 heterocycles. The fourth-order valence-corrected chi connectivity index (χ4v) is 2.60. The molecule has 0 saturated heterocycles. The van der Waals surface area contributed by atoms with Gasteiger partial charge in [0.25, 0.3) is 0 Å². The first-order valence-corrected chi connectivity index (χ1v) is 7.81. The second-order valence-electron chi connectivity index (χ2n) is 5.51. The third kappa shape index (κ3) is 5.13. The quantitative estimate of drug-likeness (QED) is 0.474. The Bertz CT molecular complexity index is 553. The Balaban J connectivity index is 1.79. The molecular weight excluding hydrogens is 296 g/mol. The second kappa shape index (κ2) is 8.36. The minimum atomic E-state index is -0.322. The molecule has 1 aliphatic rings. The molecule has 0 bridgehead atoms. The SMILES string of the molecule is C/C=C/C(=O)OC1CCC(C(=O)Oc2ccc(OC)cc2)CC1. The number of allylic oxidation sites excluding steroid dienone is 1. The van der Waals surface area contributed by atoms with E-state index in [4.69, 9.17) is 14.2 Å². The number of esters is 2. The van der Waals surface area contributed by atoms with Crippen molar-refractivity contribution in [3.8, 4) is 11.5 Å². The van der Waals surface area contributed by atoms with E-state index in [9.17, 15) is 9.59 Å². The van der Waals surface area contributed by atoms with E-state index >= 15 is 0 Å². The first-order valence-electron chi connectivity index (χ1n) is 7.81. The zero-order valence-electron chi connectivity index (χ0n) is 13.5.